The van der Waals surface area contributed by atoms with Crippen molar-refractivity contribution in [3.05, 3.63) is 46.4 Å². The minimum Gasteiger partial charge on any atom is -0.475 e. The van der Waals surface area contributed by atoms with Crippen LogP contribution >= 0.6 is 11.6 Å². The average Bonchev–Trinajstić information content (AvgIpc) is 3.01. The van der Waals surface area contributed by atoms with Crippen molar-refractivity contribution in [1.29, 1.82) is 0 Å². The predicted octanol–water partition coefficient (Wildman–Crippen LogP) is 2.74. The summed E-state index contributed by atoms with van der Waals surface area (Å²) >= 11 is 6.14. The number of rotatable bonds is 4. The minimum absolute atomic E-state index is 0.0599. The van der Waals surface area contributed by atoms with E-state index in [0.717, 1.165) is 11.3 Å². The van der Waals surface area contributed by atoms with Crippen LogP contribution in [0.15, 0.2) is 28.7 Å². The molecule has 0 saturated heterocycles. The van der Waals surface area contributed by atoms with Crippen LogP contribution in [0.25, 0.3) is 0 Å². The van der Waals surface area contributed by atoms with Gasteiger partial charge in [0, 0.05) is 5.69 Å². The third kappa shape index (κ3) is 2.71. The van der Waals surface area contributed by atoms with E-state index in [1.165, 1.54) is 6.07 Å². The fourth-order valence-corrected chi connectivity index (χ4v) is 2.38. The first-order valence-electron chi connectivity index (χ1n) is 6.21. The number of aromatic carboxylic acids is 1. The number of carbonyl (C=O) groups is 2. The normalized spacial score (nSPS) is 12.9. The Kier molecular flexibility index (Phi) is 3.31. The molecule has 0 radical (unpaired) electrons. The van der Waals surface area contributed by atoms with Gasteiger partial charge in [-0.05, 0) is 29.8 Å². The molecular formula is C14H11ClN2O4. The molecule has 2 aromatic rings. The van der Waals surface area contributed by atoms with E-state index in [4.69, 9.17) is 21.1 Å². The number of furan rings is 1. The SMILES string of the molecule is O=C1Cc2cc(NCc3ccc(C(=O)O)o3)c(Cl)cc2N1. The maximum absolute atomic E-state index is 11.3. The fraction of sp³-hybridized carbons (Fsp3) is 0.143. The van der Waals surface area contributed by atoms with Gasteiger partial charge in [0.25, 0.3) is 0 Å². The Morgan fingerprint density at radius 1 is 1.43 bits per heavy atom. The standard InChI is InChI=1S/C14H11ClN2O4/c15-9-5-10-7(4-13(18)17-10)3-11(9)16-6-8-1-2-12(21-8)14(19)20/h1-3,5,16H,4,6H2,(H,17,18)(H,19,20). The van der Waals surface area contributed by atoms with Crippen LogP contribution in [-0.4, -0.2) is 17.0 Å². The molecule has 0 saturated carbocycles. The Bertz CT molecular complexity index is 739. The highest BCUT2D eigenvalue weighted by Crippen LogP contribution is 2.33. The summed E-state index contributed by atoms with van der Waals surface area (Å²) in [5.74, 6) is -0.795. The summed E-state index contributed by atoms with van der Waals surface area (Å²) in [6, 6.07) is 6.47. The summed E-state index contributed by atoms with van der Waals surface area (Å²) < 4.78 is 5.14. The van der Waals surface area contributed by atoms with Gasteiger partial charge in [-0.1, -0.05) is 11.6 Å². The van der Waals surface area contributed by atoms with E-state index in [1.54, 1.807) is 18.2 Å². The zero-order valence-corrected chi connectivity index (χ0v) is 11.5. The summed E-state index contributed by atoms with van der Waals surface area (Å²) in [6.07, 6.45) is 0.325. The van der Waals surface area contributed by atoms with Crippen LogP contribution in [-0.2, 0) is 17.8 Å². The van der Waals surface area contributed by atoms with Crippen molar-refractivity contribution < 1.29 is 19.1 Å². The number of amides is 1. The zero-order chi connectivity index (χ0) is 15.0. The Labute approximate surface area is 124 Å². The molecule has 0 atom stereocenters. The minimum atomic E-state index is -1.11. The molecule has 7 heteroatoms. The van der Waals surface area contributed by atoms with E-state index in [0.29, 0.717) is 29.4 Å². The molecule has 1 amide bonds. The first kappa shape index (κ1) is 13.5. The predicted molar refractivity (Wildman–Crippen MR) is 76.8 cm³/mol. The van der Waals surface area contributed by atoms with E-state index in [9.17, 15) is 9.59 Å². The van der Waals surface area contributed by atoms with E-state index in [1.807, 2.05) is 0 Å². The van der Waals surface area contributed by atoms with Crippen molar-refractivity contribution in [3.63, 3.8) is 0 Å². The molecule has 0 bridgehead atoms. The fourth-order valence-electron chi connectivity index (χ4n) is 2.15. The summed E-state index contributed by atoms with van der Waals surface area (Å²) in [6.45, 7) is 0.299. The number of benzene rings is 1. The number of carboxylic acids is 1. The molecule has 3 rings (SSSR count). The van der Waals surface area contributed by atoms with E-state index < -0.39 is 5.97 Å². The maximum atomic E-state index is 11.3. The largest absolute Gasteiger partial charge is 0.475 e. The molecule has 2 heterocycles. The van der Waals surface area contributed by atoms with Crippen molar-refractivity contribution in [3.8, 4) is 0 Å². The highest BCUT2D eigenvalue weighted by atomic mass is 35.5. The van der Waals surface area contributed by atoms with Crippen molar-refractivity contribution in [2.75, 3.05) is 10.6 Å². The lowest BCUT2D eigenvalue weighted by atomic mass is 10.1. The van der Waals surface area contributed by atoms with E-state index in [2.05, 4.69) is 10.6 Å². The molecule has 21 heavy (non-hydrogen) atoms. The number of fused-ring (bicyclic) bond motifs is 1. The summed E-state index contributed by atoms with van der Waals surface area (Å²) in [5, 5.41) is 15.0. The van der Waals surface area contributed by atoms with Gasteiger partial charge >= 0.3 is 5.97 Å². The van der Waals surface area contributed by atoms with Crippen LogP contribution in [0.3, 0.4) is 0 Å². The number of hydrogen-bond acceptors (Lipinski definition) is 4. The van der Waals surface area contributed by atoms with Crippen LogP contribution in [0, 0.1) is 0 Å². The van der Waals surface area contributed by atoms with Crippen molar-refractivity contribution >= 4 is 34.9 Å². The summed E-state index contributed by atoms with van der Waals surface area (Å²) in [4.78, 5) is 22.1. The molecule has 0 unspecified atom stereocenters. The van der Waals surface area contributed by atoms with E-state index >= 15 is 0 Å². The van der Waals surface area contributed by atoms with Gasteiger partial charge in [-0.15, -0.1) is 0 Å². The van der Waals surface area contributed by atoms with Gasteiger partial charge in [0.15, 0.2) is 0 Å². The molecule has 1 aromatic carbocycles. The number of halogens is 1. The quantitative estimate of drug-likeness (QED) is 0.808. The molecule has 0 spiro atoms. The molecule has 1 aromatic heterocycles. The van der Waals surface area contributed by atoms with Crippen LogP contribution in [0.1, 0.15) is 21.9 Å². The maximum Gasteiger partial charge on any atom is 0.371 e. The Hall–Kier alpha value is -2.47. The number of anilines is 2. The number of carboxylic acid groups (broad SMARTS) is 1. The third-order valence-corrected chi connectivity index (χ3v) is 3.46. The van der Waals surface area contributed by atoms with Gasteiger partial charge < -0.3 is 20.2 Å². The van der Waals surface area contributed by atoms with Crippen LogP contribution in [0.4, 0.5) is 11.4 Å². The summed E-state index contributed by atoms with van der Waals surface area (Å²) in [7, 11) is 0. The van der Waals surface area contributed by atoms with Crippen molar-refractivity contribution in [1.82, 2.24) is 0 Å². The first-order valence-corrected chi connectivity index (χ1v) is 6.59. The second-order valence-electron chi connectivity index (χ2n) is 4.64. The van der Waals surface area contributed by atoms with Gasteiger partial charge in [-0.25, -0.2) is 4.79 Å². The second-order valence-corrected chi connectivity index (χ2v) is 5.05. The molecule has 1 aliphatic heterocycles. The Morgan fingerprint density at radius 2 is 2.24 bits per heavy atom. The average molecular weight is 307 g/mol. The van der Waals surface area contributed by atoms with Gasteiger partial charge in [0.2, 0.25) is 11.7 Å². The Balaban J connectivity index is 1.74. The van der Waals surface area contributed by atoms with Crippen LogP contribution in [0.2, 0.25) is 5.02 Å². The number of hydrogen-bond donors (Lipinski definition) is 3. The lowest BCUT2D eigenvalue weighted by Gasteiger charge is -2.09. The number of carbonyl (C=O) groups excluding carboxylic acids is 1. The molecule has 108 valence electrons. The molecule has 3 N–H and O–H groups in total. The highest BCUT2D eigenvalue weighted by molar-refractivity contribution is 6.33. The van der Waals surface area contributed by atoms with Crippen molar-refractivity contribution in [2.24, 2.45) is 0 Å². The van der Waals surface area contributed by atoms with Gasteiger partial charge in [-0.2, -0.15) is 0 Å². The third-order valence-electron chi connectivity index (χ3n) is 3.14. The molecule has 0 fully saturated rings. The smallest absolute Gasteiger partial charge is 0.371 e. The monoisotopic (exact) mass is 306 g/mol. The lowest BCUT2D eigenvalue weighted by molar-refractivity contribution is -0.115. The van der Waals surface area contributed by atoms with Crippen LogP contribution < -0.4 is 10.6 Å². The number of nitrogens with one attached hydrogen (secondary N) is 2. The molecular weight excluding hydrogens is 296 g/mol. The Morgan fingerprint density at radius 3 is 2.95 bits per heavy atom. The summed E-state index contributed by atoms with van der Waals surface area (Å²) in [5.41, 5.74) is 2.26. The van der Waals surface area contributed by atoms with Gasteiger partial charge in [-0.3, -0.25) is 4.79 Å². The van der Waals surface area contributed by atoms with Gasteiger partial charge in [0.1, 0.15) is 5.76 Å². The molecule has 0 aliphatic carbocycles. The topological polar surface area (TPSA) is 91.6 Å². The zero-order valence-electron chi connectivity index (χ0n) is 10.8. The second kappa shape index (κ2) is 5.14. The van der Waals surface area contributed by atoms with Crippen molar-refractivity contribution in [2.45, 2.75) is 13.0 Å². The van der Waals surface area contributed by atoms with Crippen LogP contribution in [0.5, 0.6) is 0 Å². The highest BCUT2D eigenvalue weighted by Gasteiger charge is 2.19. The molecule has 6 nitrogen and oxygen atoms in total. The lowest BCUT2D eigenvalue weighted by Crippen LogP contribution is -2.03. The van der Waals surface area contributed by atoms with Gasteiger partial charge in [0.05, 0.1) is 23.7 Å². The van der Waals surface area contributed by atoms with E-state index in [-0.39, 0.29) is 11.7 Å². The first-order chi connectivity index (χ1) is 10.0. The molecule has 1 aliphatic rings.